The van der Waals surface area contributed by atoms with Crippen molar-refractivity contribution in [3.05, 3.63) is 54.1 Å². The summed E-state index contributed by atoms with van der Waals surface area (Å²) in [5.41, 5.74) is 3.24. The summed E-state index contributed by atoms with van der Waals surface area (Å²) in [6.07, 6.45) is 0. The summed E-state index contributed by atoms with van der Waals surface area (Å²) in [5, 5.41) is 12.8. The number of urea groups is 1. The normalized spacial score (nSPS) is 22.7. The molecule has 2 aromatic rings. The highest BCUT2D eigenvalue weighted by atomic mass is 16.5. The maximum atomic E-state index is 12.7. The van der Waals surface area contributed by atoms with Crippen LogP contribution in [0.5, 0.6) is 5.75 Å². The predicted molar refractivity (Wildman–Crippen MR) is 118 cm³/mol. The lowest BCUT2D eigenvalue weighted by molar-refractivity contribution is -0.159. The van der Waals surface area contributed by atoms with Crippen LogP contribution in [0.1, 0.15) is 25.3 Å². The van der Waals surface area contributed by atoms with E-state index in [0.717, 1.165) is 22.4 Å². The number of benzene rings is 2. The van der Waals surface area contributed by atoms with Gasteiger partial charge in [0.2, 0.25) is 5.91 Å². The molecule has 0 aromatic heterocycles. The summed E-state index contributed by atoms with van der Waals surface area (Å²) in [6.45, 7) is 4.22. The van der Waals surface area contributed by atoms with Gasteiger partial charge in [0.25, 0.3) is 0 Å². The first-order valence-corrected chi connectivity index (χ1v) is 10.6. The average Bonchev–Trinajstić information content (AvgIpc) is 2.75. The number of methoxy groups -OCH3 is 1. The van der Waals surface area contributed by atoms with Gasteiger partial charge in [-0.15, -0.1) is 0 Å². The molecule has 2 aliphatic heterocycles. The van der Waals surface area contributed by atoms with E-state index in [1.54, 1.807) is 16.9 Å². The molecule has 3 atom stereocenters. The van der Waals surface area contributed by atoms with Gasteiger partial charge in [0.1, 0.15) is 12.3 Å². The maximum absolute atomic E-state index is 12.7. The number of amides is 3. The lowest BCUT2D eigenvalue weighted by Gasteiger charge is -2.58. The van der Waals surface area contributed by atoms with E-state index in [2.05, 4.69) is 29.6 Å². The molecule has 7 heteroatoms. The molecule has 7 nitrogen and oxygen atoms in total. The van der Waals surface area contributed by atoms with Crippen molar-refractivity contribution in [2.75, 3.05) is 26.8 Å². The Balaban J connectivity index is 1.53. The molecule has 164 valence electrons. The summed E-state index contributed by atoms with van der Waals surface area (Å²) >= 11 is 0. The predicted octanol–water partition coefficient (Wildman–Crippen LogP) is 2.45. The minimum atomic E-state index is -0.250. The number of carbonyl (C=O) groups excluding carboxylic acids is 2. The van der Waals surface area contributed by atoms with Crippen molar-refractivity contribution in [1.29, 1.82) is 0 Å². The second kappa shape index (κ2) is 8.59. The Kier molecular flexibility index (Phi) is 5.87. The molecular formula is C24H29N3O4. The standard InChI is InChI=1S/C24H29N3O4/c1-15(2)25-24(30)26-12-20-23(21(14-28)27(20)22(29)13-26)18-6-4-16(5-7-18)17-8-10-19(31-3)11-9-17/h4-11,15,20-21,23,28H,12-14H2,1-3H3,(H,25,30)/t20-,21-,23-/m0/s1. The van der Waals surface area contributed by atoms with Crippen molar-refractivity contribution in [2.45, 2.75) is 37.9 Å². The monoisotopic (exact) mass is 423 g/mol. The van der Waals surface area contributed by atoms with Gasteiger partial charge in [0.15, 0.2) is 0 Å². The van der Waals surface area contributed by atoms with E-state index in [1.807, 2.05) is 38.1 Å². The zero-order valence-electron chi connectivity index (χ0n) is 18.1. The van der Waals surface area contributed by atoms with Crippen molar-refractivity contribution in [2.24, 2.45) is 0 Å². The number of nitrogens with one attached hydrogen (secondary N) is 1. The van der Waals surface area contributed by atoms with Crippen LogP contribution in [-0.2, 0) is 4.79 Å². The number of ether oxygens (including phenoxy) is 1. The third-order valence-electron chi connectivity index (χ3n) is 6.17. The van der Waals surface area contributed by atoms with Crippen LogP contribution in [-0.4, -0.2) is 71.8 Å². The molecule has 4 rings (SSSR count). The van der Waals surface area contributed by atoms with Crippen LogP contribution < -0.4 is 10.1 Å². The second-order valence-corrected chi connectivity index (χ2v) is 8.48. The van der Waals surface area contributed by atoms with Gasteiger partial charge in [-0.05, 0) is 42.7 Å². The topological polar surface area (TPSA) is 82.1 Å². The van der Waals surface area contributed by atoms with Crippen LogP contribution in [0.15, 0.2) is 48.5 Å². The summed E-state index contributed by atoms with van der Waals surface area (Å²) in [4.78, 5) is 28.5. The van der Waals surface area contributed by atoms with Crippen LogP contribution in [0, 0.1) is 0 Å². The number of rotatable bonds is 5. The molecule has 0 saturated carbocycles. The molecule has 2 heterocycles. The Labute approximate surface area is 182 Å². The molecule has 3 amide bonds. The molecule has 2 aromatic carbocycles. The Morgan fingerprint density at radius 3 is 2.29 bits per heavy atom. The average molecular weight is 424 g/mol. The van der Waals surface area contributed by atoms with Gasteiger partial charge >= 0.3 is 6.03 Å². The Morgan fingerprint density at radius 2 is 1.74 bits per heavy atom. The number of piperazine rings is 1. The fourth-order valence-corrected chi connectivity index (χ4v) is 4.67. The Hall–Kier alpha value is -3.06. The van der Waals surface area contributed by atoms with Gasteiger partial charge in [-0.2, -0.15) is 0 Å². The molecule has 0 radical (unpaired) electrons. The Morgan fingerprint density at radius 1 is 1.13 bits per heavy atom. The molecule has 0 aliphatic carbocycles. The van der Waals surface area contributed by atoms with Gasteiger partial charge in [-0.1, -0.05) is 36.4 Å². The van der Waals surface area contributed by atoms with Crippen LogP contribution >= 0.6 is 0 Å². The summed E-state index contributed by atoms with van der Waals surface area (Å²) in [7, 11) is 1.65. The number of carbonyl (C=O) groups is 2. The summed E-state index contributed by atoms with van der Waals surface area (Å²) in [5.74, 6) is 0.697. The number of hydrogen-bond acceptors (Lipinski definition) is 4. The third kappa shape index (κ3) is 3.97. The van der Waals surface area contributed by atoms with E-state index in [-0.39, 0.29) is 49.1 Å². The van der Waals surface area contributed by atoms with Crippen molar-refractivity contribution >= 4 is 11.9 Å². The van der Waals surface area contributed by atoms with E-state index >= 15 is 0 Å². The van der Waals surface area contributed by atoms with E-state index in [9.17, 15) is 14.7 Å². The van der Waals surface area contributed by atoms with Gasteiger partial charge in [0.05, 0.1) is 25.8 Å². The minimum Gasteiger partial charge on any atom is -0.497 e. The molecular weight excluding hydrogens is 394 g/mol. The molecule has 31 heavy (non-hydrogen) atoms. The minimum absolute atomic E-state index is 0.00600. The van der Waals surface area contributed by atoms with Crippen molar-refractivity contribution in [1.82, 2.24) is 15.1 Å². The zero-order valence-corrected chi connectivity index (χ0v) is 18.1. The third-order valence-corrected chi connectivity index (χ3v) is 6.17. The SMILES string of the molecule is COc1ccc(-c2ccc([C@@H]3[C@H](CO)N4C(=O)CN(C(=O)NC(C)C)C[C@@H]34)cc2)cc1. The highest BCUT2D eigenvalue weighted by Gasteiger charge is 2.54. The highest BCUT2D eigenvalue weighted by molar-refractivity contribution is 5.87. The fourth-order valence-electron chi connectivity index (χ4n) is 4.67. The first-order chi connectivity index (χ1) is 14.9. The first-order valence-electron chi connectivity index (χ1n) is 10.6. The molecule has 2 aliphatic rings. The lowest BCUT2D eigenvalue weighted by atomic mass is 9.73. The van der Waals surface area contributed by atoms with Crippen LogP contribution in [0.4, 0.5) is 4.79 Å². The number of nitrogens with zero attached hydrogens (tertiary/aromatic N) is 2. The maximum Gasteiger partial charge on any atom is 0.318 e. The van der Waals surface area contributed by atoms with E-state index in [1.165, 1.54) is 0 Å². The molecule has 2 saturated heterocycles. The molecule has 2 fully saturated rings. The van der Waals surface area contributed by atoms with Crippen molar-refractivity contribution in [3.63, 3.8) is 0 Å². The van der Waals surface area contributed by atoms with E-state index in [0.29, 0.717) is 6.54 Å². The van der Waals surface area contributed by atoms with E-state index < -0.39 is 0 Å². The van der Waals surface area contributed by atoms with Crippen molar-refractivity contribution in [3.8, 4) is 16.9 Å². The smallest absolute Gasteiger partial charge is 0.318 e. The Bertz CT molecular complexity index is 942. The number of fused-ring (bicyclic) bond motifs is 1. The molecule has 2 N–H and O–H groups in total. The van der Waals surface area contributed by atoms with Gasteiger partial charge in [-0.25, -0.2) is 4.79 Å². The van der Waals surface area contributed by atoms with Gasteiger partial charge in [0, 0.05) is 18.5 Å². The summed E-state index contributed by atoms with van der Waals surface area (Å²) < 4.78 is 5.22. The van der Waals surface area contributed by atoms with E-state index in [4.69, 9.17) is 4.74 Å². The molecule has 0 unspecified atom stereocenters. The number of aliphatic hydroxyl groups excluding tert-OH is 1. The first kappa shape index (κ1) is 21.2. The van der Waals surface area contributed by atoms with Crippen molar-refractivity contribution < 1.29 is 19.4 Å². The quantitative estimate of drug-likeness (QED) is 0.774. The van der Waals surface area contributed by atoms with Crippen LogP contribution in [0.3, 0.4) is 0 Å². The number of aliphatic hydroxyl groups is 1. The summed E-state index contributed by atoms with van der Waals surface area (Å²) in [6, 6.07) is 15.5. The fraction of sp³-hybridized carbons (Fsp3) is 0.417. The molecule has 0 bridgehead atoms. The van der Waals surface area contributed by atoms with Gasteiger partial charge in [-0.3, -0.25) is 4.79 Å². The second-order valence-electron chi connectivity index (χ2n) is 8.48. The lowest BCUT2D eigenvalue weighted by Crippen LogP contribution is -2.74. The largest absolute Gasteiger partial charge is 0.497 e. The van der Waals surface area contributed by atoms with Crippen LogP contribution in [0.25, 0.3) is 11.1 Å². The highest BCUT2D eigenvalue weighted by Crippen LogP contribution is 2.43. The number of hydrogen-bond donors (Lipinski definition) is 2. The van der Waals surface area contributed by atoms with Crippen LogP contribution in [0.2, 0.25) is 0 Å². The van der Waals surface area contributed by atoms with Gasteiger partial charge < -0.3 is 25.0 Å². The molecule has 0 spiro atoms. The zero-order chi connectivity index (χ0) is 22.1.